The maximum absolute atomic E-state index is 11.8. The number of amides is 3. The number of urea groups is 1. The van der Waals surface area contributed by atoms with E-state index in [1.165, 1.54) is 0 Å². The molecule has 2 rings (SSSR count). The van der Waals surface area contributed by atoms with Gasteiger partial charge in [-0.15, -0.1) is 0 Å². The summed E-state index contributed by atoms with van der Waals surface area (Å²) >= 11 is 0. The van der Waals surface area contributed by atoms with Gasteiger partial charge in [-0.3, -0.25) is 9.69 Å². The molecule has 1 saturated heterocycles. The third-order valence-corrected chi connectivity index (χ3v) is 3.31. The summed E-state index contributed by atoms with van der Waals surface area (Å²) in [5.41, 5.74) is 6.92. The Hall–Kier alpha value is -2.08. The molecule has 0 bridgehead atoms. The van der Waals surface area contributed by atoms with Crippen LogP contribution in [-0.4, -0.2) is 31.6 Å². The molecule has 1 aromatic carbocycles. The van der Waals surface area contributed by atoms with Crippen molar-refractivity contribution in [3.8, 4) is 0 Å². The smallest absolute Gasteiger partial charge is 0.321 e. The van der Waals surface area contributed by atoms with Crippen LogP contribution in [0, 0.1) is 5.92 Å². The van der Waals surface area contributed by atoms with E-state index in [0.717, 1.165) is 12.1 Å². The lowest BCUT2D eigenvalue weighted by Crippen LogP contribution is -2.46. The van der Waals surface area contributed by atoms with Crippen molar-refractivity contribution in [2.24, 2.45) is 11.7 Å². The van der Waals surface area contributed by atoms with Crippen LogP contribution < -0.4 is 21.3 Å². The van der Waals surface area contributed by atoms with E-state index in [9.17, 15) is 9.59 Å². The Labute approximate surface area is 118 Å². The van der Waals surface area contributed by atoms with Crippen LogP contribution in [-0.2, 0) is 4.79 Å². The van der Waals surface area contributed by atoms with Crippen LogP contribution in [0.25, 0.3) is 0 Å². The summed E-state index contributed by atoms with van der Waals surface area (Å²) in [6.07, 6.45) is 0.909. The van der Waals surface area contributed by atoms with E-state index in [0.29, 0.717) is 25.3 Å². The Kier molecular flexibility index (Phi) is 4.57. The van der Waals surface area contributed by atoms with Crippen LogP contribution in [0.15, 0.2) is 24.3 Å². The monoisotopic (exact) mass is 276 g/mol. The van der Waals surface area contributed by atoms with Crippen molar-refractivity contribution in [2.75, 3.05) is 29.9 Å². The Morgan fingerprint density at radius 2 is 2.35 bits per heavy atom. The SMILES string of the molecule is CC(CN)C(=O)Nc1cccc(N2CCCNC2=O)c1. The number of hydrogen-bond donors (Lipinski definition) is 3. The first kappa shape index (κ1) is 14.3. The van der Waals surface area contributed by atoms with Crippen molar-refractivity contribution in [1.82, 2.24) is 5.32 Å². The maximum atomic E-state index is 11.8. The van der Waals surface area contributed by atoms with Crippen LogP contribution in [0.4, 0.5) is 16.2 Å². The lowest BCUT2D eigenvalue weighted by Gasteiger charge is -2.27. The first-order valence-corrected chi connectivity index (χ1v) is 6.78. The van der Waals surface area contributed by atoms with E-state index >= 15 is 0 Å². The predicted octanol–water partition coefficient (Wildman–Crippen LogP) is 1.14. The predicted molar refractivity (Wildman–Crippen MR) is 78.7 cm³/mol. The summed E-state index contributed by atoms with van der Waals surface area (Å²) in [7, 11) is 0. The van der Waals surface area contributed by atoms with Gasteiger partial charge in [0.15, 0.2) is 0 Å². The molecule has 1 atom stereocenters. The highest BCUT2D eigenvalue weighted by atomic mass is 16.2. The highest BCUT2D eigenvalue weighted by molar-refractivity contribution is 5.95. The first-order valence-electron chi connectivity index (χ1n) is 6.78. The zero-order valence-corrected chi connectivity index (χ0v) is 11.6. The third-order valence-electron chi connectivity index (χ3n) is 3.31. The zero-order chi connectivity index (χ0) is 14.5. The molecule has 1 fully saturated rings. The fourth-order valence-electron chi connectivity index (χ4n) is 2.00. The molecule has 1 aliphatic rings. The second-order valence-corrected chi connectivity index (χ2v) is 4.91. The van der Waals surface area contributed by atoms with Gasteiger partial charge in [0, 0.05) is 36.9 Å². The van der Waals surface area contributed by atoms with Gasteiger partial charge in [0.25, 0.3) is 0 Å². The average Bonchev–Trinajstić information content (AvgIpc) is 2.47. The molecular formula is C14H20N4O2. The molecule has 20 heavy (non-hydrogen) atoms. The Bertz CT molecular complexity index is 504. The zero-order valence-electron chi connectivity index (χ0n) is 11.6. The molecule has 3 amide bonds. The molecule has 1 heterocycles. The lowest BCUT2D eigenvalue weighted by molar-refractivity contribution is -0.119. The third kappa shape index (κ3) is 3.27. The minimum absolute atomic E-state index is 0.102. The van der Waals surface area contributed by atoms with Gasteiger partial charge >= 0.3 is 6.03 Å². The number of hydrogen-bond acceptors (Lipinski definition) is 3. The average molecular weight is 276 g/mol. The summed E-state index contributed by atoms with van der Waals surface area (Å²) in [4.78, 5) is 25.3. The van der Waals surface area contributed by atoms with E-state index in [2.05, 4.69) is 10.6 Å². The maximum Gasteiger partial charge on any atom is 0.321 e. The van der Waals surface area contributed by atoms with Crippen LogP contribution in [0.2, 0.25) is 0 Å². The van der Waals surface area contributed by atoms with Crippen molar-refractivity contribution < 1.29 is 9.59 Å². The number of nitrogens with zero attached hydrogens (tertiary/aromatic N) is 1. The van der Waals surface area contributed by atoms with Crippen LogP contribution >= 0.6 is 0 Å². The van der Waals surface area contributed by atoms with Gasteiger partial charge in [-0.05, 0) is 24.6 Å². The summed E-state index contributed by atoms with van der Waals surface area (Å²) in [6.45, 7) is 3.47. The van der Waals surface area contributed by atoms with E-state index < -0.39 is 0 Å². The minimum atomic E-state index is -0.239. The van der Waals surface area contributed by atoms with Gasteiger partial charge in [0.2, 0.25) is 5.91 Å². The molecule has 0 radical (unpaired) electrons. The second kappa shape index (κ2) is 6.38. The van der Waals surface area contributed by atoms with Crippen LogP contribution in [0.3, 0.4) is 0 Å². The van der Waals surface area contributed by atoms with Crippen molar-refractivity contribution in [1.29, 1.82) is 0 Å². The number of anilines is 2. The fourth-order valence-corrected chi connectivity index (χ4v) is 2.00. The van der Waals surface area contributed by atoms with Crippen LogP contribution in [0.1, 0.15) is 13.3 Å². The minimum Gasteiger partial charge on any atom is -0.338 e. The van der Waals surface area contributed by atoms with E-state index in [-0.39, 0.29) is 17.9 Å². The van der Waals surface area contributed by atoms with Gasteiger partial charge in [-0.2, -0.15) is 0 Å². The fraction of sp³-hybridized carbons (Fsp3) is 0.429. The summed E-state index contributed by atoms with van der Waals surface area (Å²) in [6, 6.07) is 7.17. The molecule has 0 aliphatic carbocycles. The standard InChI is InChI=1S/C14H20N4O2/c1-10(9-15)13(19)17-11-4-2-5-12(8-11)18-7-3-6-16-14(18)20/h2,4-5,8,10H,3,6-7,9,15H2,1H3,(H,16,20)(H,17,19). The van der Waals surface area contributed by atoms with Gasteiger partial charge in [-0.25, -0.2) is 4.79 Å². The Morgan fingerprint density at radius 1 is 1.55 bits per heavy atom. The number of carbonyl (C=O) groups excluding carboxylic acids is 2. The Morgan fingerprint density at radius 3 is 3.05 bits per heavy atom. The van der Waals surface area contributed by atoms with E-state index in [4.69, 9.17) is 5.73 Å². The van der Waals surface area contributed by atoms with Gasteiger partial charge in [-0.1, -0.05) is 13.0 Å². The molecule has 1 aliphatic heterocycles. The summed E-state index contributed by atoms with van der Waals surface area (Å²) in [5, 5.41) is 5.61. The molecule has 6 nitrogen and oxygen atoms in total. The van der Waals surface area contributed by atoms with Crippen molar-refractivity contribution >= 4 is 23.3 Å². The molecular weight excluding hydrogens is 256 g/mol. The number of nitrogens with two attached hydrogens (primary N) is 1. The highest BCUT2D eigenvalue weighted by Crippen LogP contribution is 2.21. The number of nitrogens with one attached hydrogen (secondary N) is 2. The summed E-state index contributed by atoms with van der Waals surface area (Å²) < 4.78 is 0. The van der Waals surface area contributed by atoms with E-state index in [1.54, 1.807) is 24.0 Å². The first-order chi connectivity index (χ1) is 9.61. The molecule has 1 unspecified atom stereocenters. The van der Waals surface area contributed by atoms with Crippen LogP contribution in [0.5, 0.6) is 0 Å². The second-order valence-electron chi connectivity index (χ2n) is 4.91. The molecule has 0 saturated carbocycles. The number of rotatable bonds is 4. The van der Waals surface area contributed by atoms with Crippen molar-refractivity contribution in [2.45, 2.75) is 13.3 Å². The molecule has 1 aromatic rings. The topological polar surface area (TPSA) is 87.5 Å². The quantitative estimate of drug-likeness (QED) is 0.770. The molecule has 6 heteroatoms. The summed E-state index contributed by atoms with van der Waals surface area (Å²) in [5.74, 6) is -0.357. The Balaban J connectivity index is 2.11. The molecule has 0 aromatic heterocycles. The number of benzene rings is 1. The number of carbonyl (C=O) groups is 2. The van der Waals surface area contributed by atoms with E-state index in [1.807, 2.05) is 12.1 Å². The lowest BCUT2D eigenvalue weighted by atomic mass is 10.1. The molecule has 108 valence electrons. The highest BCUT2D eigenvalue weighted by Gasteiger charge is 2.19. The van der Waals surface area contributed by atoms with Gasteiger partial charge in [0.1, 0.15) is 0 Å². The largest absolute Gasteiger partial charge is 0.338 e. The molecule has 0 spiro atoms. The van der Waals surface area contributed by atoms with Gasteiger partial charge < -0.3 is 16.4 Å². The molecule has 4 N–H and O–H groups in total. The normalized spacial score (nSPS) is 16.5. The van der Waals surface area contributed by atoms with Gasteiger partial charge in [0.05, 0.1) is 0 Å². The van der Waals surface area contributed by atoms with Crippen molar-refractivity contribution in [3.05, 3.63) is 24.3 Å². The van der Waals surface area contributed by atoms with Crippen molar-refractivity contribution in [3.63, 3.8) is 0 Å².